The lowest BCUT2D eigenvalue weighted by Gasteiger charge is -2.36. The molecule has 0 atom stereocenters. The summed E-state index contributed by atoms with van der Waals surface area (Å²) in [5, 5.41) is 30.0. The first kappa shape index (κ1) is 18.2. The van der Waals surface area contributed by atoms with E-state index in [1.165, 1.54) is 0 Å². The smallest absolute Gasteiger partial charge is 0.160 e. The molecule has 0 saturated heterocycles. The summed E-state index contributed by atoms with van der Waals surface area (Å²) in [6.45, 7) is 8.03. The van der Waals surface area contributed by atoms with Gasteiger partial charge in [0, 0.05) is 5.41 Å². The monoisotopic (exact) mass is 328 g/mol. The van der Waals surface area contributed by atoms with Crippen molar-refractivity contribution in [2.24, 2.45) is 0 Å². The Bertz CT molecular complexity index is 690. The van der Waals surface area contributed by atoms with Crippen LogP contribution in [0.15, 0.2) is 30.3 Å². The third-order valence-electron chi connectivity index (χ3n) is 4.94. The Morgan fingerprint density at radius 1 is 0.750 bits per heavy atom. The Hall–Kier alpha value is -2.16. The Kier molecular flexibility index (Phi) is 5.43. The van der Waals surface area contributed by atoms with Crippen LogP contribution in [0.3, 0.4) is 0 Å². The van der Waals surface area contributed by atoms with E-state index in [-0.39, 0.29) is 16.9 Å². The number of rotatable bonds is 6. The highest BCUT2D eigenvalue weighted by Gasteiger charge is 2.34. The summed E-state index contributed by atoms with van der Waals surface area (Å²) in [5.74, 6) is 0.171. The van der Waals surface area contributed by atoms with Gasteiger partial charge in [0.2, 0.25) is 0 Å². The number of hydrogen-bond donors (Lipinski definition) is 3. The van der Waals surface area contributed by atoms with Crippen molar-refractivity contribution in [1.29, 1.82) is 0 Å². The zero-order valence-corrected chi connectivity index (χ0v) is 15.1. The van der Waals surface area contributed by atoms with Crippen LogP contribution in [0.4, 0.5) is 0 Å². The third-order valence-corrected chi connectivity index (χ3v) is 4.94. The molecule has 0 aliphatic heterocycles. The maximum atomic E-state index is 10.1. The van der Waals surface area contributed by atoms with Gasteiger partial charge in [-0.2, -0.15) is 0 Å². The molecule has 3 N–H and O–H groups in total. The van der Waals surface area contributed by atoms with Gasteiger partial charge in [0.1, 0.15) is 5.75 Å². The standard InChI is InChI=1S/C21H28O3/c1-5-9-21(10-6-2,16-7-8-18(22)14(3)11-16)17-12-15(4)20(24)19(23)13-17/h7-8,11-13,22-24H,5-6,9-10H2,1-4H3. The molecule has 24 heavy (non-hydrogen) atoms. The molecule has 0 saturated carbocycles. The Morgan fingerprint density at radius 2 is 1.33 bits per heavy atom. The van der Waals surface area contributed by atoms with Crippen molar-refractivity contribution < 1.29 is 15.3 Å². The molecule has 0 aliphatic rings. The molecule has 2 aromatic rings. The summed E-state index contributed by atoms with van der Waals surface area (Å²) in [6, 6.07) is 9.43. The fraction of sp³-hybridized carbons (Fsp3) is 0.429. The molecule has 0 fully saturated rings. The Labute approximate surface area is 144 Å². The highest BCUT2D eigenvalue weighted by Crippen LogP contribution is 2.45. The van der Waals surface area contributed by atoms with Crippen LogP contribution in [0, 0.1) is 13.8 Å². The number of hydrogen-bond acceptors (Lipinski definition) is 3. The van der Waals surface area contributed by atoms with Crippen LogP contribution in [0.1, 0.15) is 61.8 Å². The van der Waals surface area contributed by atoms with Gasteiger partial charge in [-0.15, -0.1) is 0 Å². The summed E-state index contributed by atoms with van der Waals surface area (Å²) < 4.78 is 0. The largest absolute Gasteiger partial charge is 0.508 e. The molecule has 0 spiro atoms. The first-order valence-corrected chi connectivity index (χ1v) is 8.68. The molecule has 130 valence electrons. The van der Waals surface area contributed by atoms with Crippen LogP contribution in [0.5, 0.6) is 17.2 Å². The van der Waals surface area contributed by atoms with Crippen molar-refractivity contribution in [3.05, 3.63) is 52.6 Å². The van der Waals surface area contributed by atoms with Crippen molar-refractivity contribution in [3.8, 4) is 17.2 Å². The minimum Gasteiger partial charge on any atom is -0.508 e. The maximum absolute atomic E-state index is 10.1. The van der Waals surface area contributed by atoms with Crippen molar-refractivity contribution in [2.75, 3.05) is 0 Å². The highest BCUT2D eigenvalue weighted by atomic mass is 16.3. The van der Waals surface area contributed by atoms with E-state index in [4.69, 9.17) is 0 Å². The predicted octanol–water partition coefficient (Wildman–Crippen LogP) is 5.31. The topological polar surface area (TPSA) is 60.7 Å². The molecule has 3 nitrogen and oxygen atoms in total. The van der Waals surface area contributed by atoms with Crippen molar-refractivity contribution in [1.82, 2.24) is 0 Å². The number of phenolic OH excluding ortho intramolecular Hbond substituents is 3. The summed E-state index contributed by atoms with van der Waals surface area (Å²) in [5.41, 5.74) is 3.45. The molecule has 2 aromatic carbocycles. The van der Waals surface area contributed by atoms with Gasteiger partial charge in [-0.05, 0) is 61.1 Å². The van der Waals surface area contributed by atoms with Crippen LogP contribution >= 0.6 is 0 Å². The quantitative estimate of drug-likeness (QED) is 0.630. The molecule has 0 aliphatic carbocycles. The van der Waals surface area contributed by atoms with E-state index >= 15 is 0 Å². The molecule has 0 unspecified atom stereocenters. The number of phenols is 3. The van der Waals surface area contributed by atoms with Crippen LogP contribution in [-0.2, 0) is 5.41 Å². The lowest BCUT2D eigenvalue weighted by atomic mass is 9.68. The summed E-state index contributed by atoms with van der Waals surface area (Å²) in [4.78, 5) is 0. The van der Waals surface area contributed by atoms with Gasteiger partial charge < -0.3 is 15.3 Å². The lowest BCUT2D eigenvalue weighted by Crippen LogP contribution is -2.28. The molecule has 3 heteroatoms. The van der Waals surface area contributed by atoms with Crippen LogP contribution in [-0.4, -0.2) is 15.3 Å². The first-order valence-electron chi connectivity index (χ1n) is 8.68. The van der Waals surface area contributed by atoms with Crippen LogP contribution in [0.25, 0.3) is 0 Å². The molecule has 0 aromatic heterocycles. The molecule has 0 heterocycles. The number of aryl methyl sites for hydroxylation is 2. The summed E-state index contributed by atoms with van der Waals surface area (Å²) in [6.07, 6.45) is 3.88. The normalized spacial score (nSPS) is 11.7. The van der Waals surface area contributed by atoms with Gasteiger partial charge in [-0.1, -0.05) is 44.9 Å². The zero-order valence-electron chi connectivity index (χ0n) is 15.1. The fourth-order valence-corrected chi connectivity index (χ4v) is 3.71. The van der Waals surface area contributed by atoms with Crippen LogP contribution < -0.4 is 0 Å². The highest BCUT2D eigenvalue weighted by molar-refractivity contribution is 5.52. The predicted molar refractivity (Wildman–Crippen MR) is 97.9 cm³/mol. The molecule has 0 bridgehead atoms. The SMILES string of the molecule is CCCC(CCC)(c1ccc(O)c(C)c1)c1cc(C)c(O)c(O)c1. The lowest BCUT2D eigenvalue weighted by molar-refractivity contribution is 0.391. The van der Waals surface area contributed by atoms with Gasteiger partial charge in [0.25, 0.3) is 0 Å². The van der Waals surface area contributed by atoms with Gasteiger partial charge in [0.05, 0.1) is 0 Å². The second-order valence-electron chi connectivity index (χ2n) is 6.74. The van der Waals surface area contributed by atoms with Gasteiger partial charge >= 0.3 is 0 Å². The maximum Gasteiger partial charge on any atom is 0.160 e. The molecule has 0 radical (unpaired) electrons. The second kappa shape index (κ2) is 7.16. The van der Waals surface area contributed by atoms with Gasteiger partial charge in [0.15, 0.2) is 11.5 Å². The van der Waals surface area contributed by atoms with Gasteiger partial charge in [-0.25, -0.2) is 0 Å². The van der Waals surface area contributed by atoms with E-state index in [2.05, 4.69) is 13.8 Å². The number of aromatic hydroxyl groups is 3. The molecule has 0 amide bonds. The molecular weight excluding hydrogens is 300 g/mol. The second-order valence-corrected chi connectivity index (χ2v) is 6.74. The summed E-state index contributed by atoms with van der Waals surface area (Å²) >= 11 is 0. The minimum absolute atomic E-state index is 0.0532. The third kappa shape index (κ3) is 3.21. The average molecular weight is 328 g/mol. The number of benzene rings is 2. The van der Waals surface area contributed by atoms with E-state index in [1.54, 1.807) is 12.1 Å². The average Bonchev–Trinajstić information content (AvgIpc) is 2.54. The summed E-state index contributed by atoms with van der Waals surface area (Å²) in [7, 11) is 0. The van der Waals surface area contributed by atoms with E-state index in [1.807, 2.05) is 32.0 Å². The van der Waals surface area contributed by atoms with E-state index in [0.717, 1.165) is 42.4 Å². The van der Waals surface area contributed by atoms with Crippen LogP contribution in [0.2, 0.25) is 0 Å². The minimum atomic E-state index is -0.238. The zero-order chi connectivity index (χ0) is 17.9. The first-order chi connectivity index (χ1) is 11.4. The van der Waals surface area contributed by atoms with E-state index < -0.39 is 0 Å². The van der Waals surface area contributed by atoms with Crippen molar-refractivity contribution in [3.63, 3.8) is 0 Å². The molecular formula is C21H28O3. The molecule has 2 rings (SSSR count). The van der Waals surface area contributed by atoms with Gasteiger partial charge in [-0.3, -0.25) is 0 Å². The Balaban J connectivity index is 2.72. The van der Waals surface area contributed by atoms with Crippen molar-refractivity contribution >= 4 is 0 Å². The van der Waals surface area contributed by atoms with Crippen molar-refractivity contribution in [2.45, 2.75) is 58.8 Å². The van der Waals surface area contributed by atoms with E-state index in [0.29, 0.717) is 11.3 Å². The van der Waals surface area contributed by atoms with E-state index in [9.17, 15) is 15.3 Å². The Morgan fingerprint density at radius 3 is 1.83 bits per heavy atom. The fourth-order valence-electron chi connectivity index (χ4n) is 3.71.